The van der Waals surface area contributed by atoms with Gasteiger partial charge in [-0.05, 0) is 48.3 Å². The molecule has 104 valence electrons. The standard InChI is InChI=1S/C13H17BrN2O2S/c1-4-13(3)12(18)16(8(2)11(17)15-13)7-9-5-6-10(14)19-9/h5-6,8H,4,7H2,1-3H3,(H,15,17). The van der Waals surface area contributed by atoms with Crippen molar-refractivity contribution in [1.29, 1.82) is 0 Å². The first-order valence-corrected chi connectivity index (χ1v) is 7.85. The smallest absolute Gasteiger partial charge is 0.249 e. The van der Waals surface area contributed by atoms with E-state index in [-0.39, 0.29) is 11.8 Å². The molecule has 1 aliphatic heterocycles. The van der Waals surface area contributed by atoms with Gasteiger partial charge in [-0.3, -0.25) is 9.59 Å². The molecule has 6 heteroatoms. The molecule has 2 heterocycles. The molecule has 19 heavy (non-hydrogen) atoms. The molecule has 1 fully saturated rings. The van der Waals surface area contributed by atoms with Crippen LogP contribution >= 0.6 is 27.3 Å². The van der Waals surface area contributed by atoms with Crippen molar-refractivity contribution in [2.75, 3.05) is 0 Å². The minimum absolute atomic E-state index is 0.00776. The molecule has 1 aromatic heterocycles. The zero-order valence-corrected chi connectivity index (χ0v) is 13.6. The maximum absolute atomic E-state index is 12.5. The lowest BCUT2D eigenvalue weighted by atomic mass is 9.92. The molecule has 4 nitrogen and oxygen atoms in total. The fraction of sp³-hybridized carbons (Fsp3) is 0.538. The van der Waals surface area contributed by atoms with Crippen LogP contribution in [0, 0.1) is 0 Å². The number of halogens is 1. The van der Waals surface area contributed by atoms with Crippen molar-refractivity contribution in [2.24, 2.45) is 0 Å². The lowest BCUT2D eigenvalue weighted by Crippen LogP contribution is -2.67. The summed E-state index contributed by atoms with van der Waals surface area (Å²) < 4.78 is 1.03. The largest absolute Gasteiger partial charge is 0.340 e. The summed E-state index contributed by atoms with van der Waals surface area (Å²) in [6, 6.07) is 3.51. The molecule has 2 rings (SSSR count). The number of carbonyl (C=O) groups is 2. The second-order valence-electron chi connectivity index (χ2n) is 4.99. The number of thiophene rings is 1. The Labute approximate surface area is 125 Å². The third-order valence-electron chi connectivity index (χ3n) is 3.64. The first-order valence-electron chi connectivity index (χ1n) is 6.24. The van der Waals surface area contributed by atoms with Gasteiger partial charge in [-0.25, -0.2) is 0 Å². The van der Waals surface area contributed by atoms with Crippen molar-refractivity contribution in [3.8, 4) is 0 Å². The van der Waals surface area contributed by atoms with Crippen LogP contribution in [0.1, 0.15) is 32.1 Å². The summed E-state index contributed by atoms with van der Waals surface area (Å²) in [5.41, 5.74) is -0.780. The van der Waals surface area contributed by atoms with Gasteiger partial charge in [0.2, 0.25) is 11.8 Å². The normalized spacial score (nSPS) is 27.6. The van der Waals surface area contributed by atoms with Crippen LogP contribution in [0.15, 0.2) is 15.9 Å². The summed E-state index contributed by atoms with van der Waals surface area (Å²) in [7, 11) is 0. The van der Waals surface area contributed by atoms with E-state index in [0.717, 1.165) is 8.66 Å². The molecule has 0 bridgehead atoms. The summed E-state index contributed by atoms with van der Waals surface area (Å²) in [5, 5.41) is 2.83. The SMILES string of the molecule is CCC1(C)NC(=O)C(C)N(Cc2ccc(Br)s2)C1=O. The van der Waals surface area contributed by atoms with Crippen molar-refractivity contribution < 1.29 is 9.59 Å². The van der Waals surface area contributed by atoms with E-state index in [9.17, 15) is 9.59 Å². The average molecular weight is 345 g/mol. The molecule has 2 atom stereocenters. The minimum atomic E-state index is -0.780. The van der Waals surface area contributed by atoms with Gasteiger partial charge in [0, 0.05) is 4.88 Å². The van der Waals surface area contributed by atoms with Crippen LogP contribution in [0.25, 0.3) is 0 Å². The second-order valence-corrected chi connectivity index (χ2v) is 7.54. The Bertz CT molecular complexity index is 516. The van der Waals surface area contributed by atoms with Gasteiger partial charge in [-0.1, -0.05) is 6.92 Å². The van der Waals surface area contributed by atoms with Crippen molar-refractivity contribution >= 4 is 39.1 Å². The van der Waals surface area contributed by atoms with Crippen LogP contribution in [-0.2, 0) is 16.1 Å². The zero-order chi connectivity index (χ0) is 14.2. The zero-order valence-electron chi connectivity index (χ0n) is 11.2. The maximum Gasteiger partial charge on any atom is 0.249 e. The van der Waals surface area contributed by atoms with Gasteiger partial charge in [0.25, 0.3) is 0 Å². The molecule has 1 saturated heterocycles. The van der Waals surface area contributed by atoms with Crippen molar-refractivity contribution in [1.82, 2.24) is 10.2 Å². The molecule has 0 aliphatic carbocycles. The quantitative estimate of drug-likeness (QED) is 0.915. The first-order chi connectivity index (χ1) is 8.87. The van der Waals surface area contributed by atoms with Gasteiger partial charge in [-0.15, -0.1) is 11.3 Å². The van der Waals surface area contributed by atoms with Crippen LogP contribution < -0.4 is 5.32 Å². The second kappa shape index (κ2) is 5.25. The fourth-order valence-electron chi connectivity index (χ4n) is 2.12. The van der Waals surface area contributed by atoms with Crippen LogP contribution in [0.2, 0.25) is 0 Å². The molecule has 0 spiro atoms. The van der Waals surface area contributed by atoms with Gasteiger partial charge in [-0.2, -0.15) is 0 Å². The van der Waals surface area contributed by atoms with E-state index in [0.29, 0.717) is 13.0 Å². The lowest BCUT2D eigenvalue weighted by Gasteiger charge is -2.42. The molecule has 2 unspecified atom stereocenters. The van der Waals surface area contributed by atoms with E-state index in [1.165, 1.54) is 0 Å². The number of hydrogen-bond acceptors (Lipinski definition) is 3. The van der Waals surface area contributed by atoms with E-state index in [1.54, 1.807) is 30.1 Å². The Kier molecular flexibility index (Phi) is 4.01. The highest BCUT2D eigenvalue weighted by Crippen LogP contribution is 2.27. The molecule has 2 amide bonds. The van der Waals surface area contributed by atoms with Gasteiger partial charge in [0.15, 0.2) is 0 Å². The third kappa shape index (κ3) is 2.69. The molecule has 1 aromatic rings. The number of hydrogen-bond donors (Lipinski definition) is 1. The predicted molar refractivity (Wildman–Crippen MR) is 78.9 cm³/mol. The number of amides is 2. The van der Waals surface area contributed by atoms with Crippen LogP contribution in [0.4, 0.5) is 0 Å². The molecule has 0 saturated carbocycles. The third-order valence-corrected chi connectivity index (χ3v) is 5.25. The Balaban J connectivity index is 2.25. The highest BCUT2D eigenvalue weighted by Gasteiger charge is 2.45. The number of piperazine rings is 1. The number of carbonyl (C=O) groups excluding carboxylic acids is 2. The molecule has 0 aromatic carbocycles. The number of nitrogens with one attached hydrogen (secondary N) is 1. The monoisotopic (exact) mass is 344 g/mol. The Hall–Kier alpha value is -0.880. The van der Waals surface area contributed by atoms with E-state index < -0.39 is 11.6 Å². The number of rotatable bonds is 3. The molecule has 1 aliphatic rings. The van der Waals surface area contributed by atoms with Crippen molar-refractivity contribution in [3.05, 3.63) is 20.8 Å². The van der Waals surface area contributed by atoms with E-state index in [2.05, 4.69) is 21.2 Å². The van der Waals surface area contributed by atoms with E-state index in [1.807, 2.05) is 19.1 Å². The van der Waals surface area contributed by atoms with Crippen molar-refractivity contribution in [3.63, 3.8) is 0 Å². The average Bonchev–Trinajstić information content (AvgIpc) is 2.78. The molecule has 1 N–H and O–H groups in total. The van der Waals surface area contributed by atoms with Crippen LogP contribution in [0.5, 0.6) is 0 Å². The Morgan fingerprint density at radius 3 is 2.68 bits per heavy atom. The first kappa shape index (κ1) is 14.5. The summed E-state index contributed by atoms with van der Waals surface area (Å²) in [6.07, 6.45) is 0.592. The highest BCUT2D eigenvalue weighted by molar-refractivity contribution is 9.11. The fourth-order valence-corrected chi connectivity index (χ4v) is 3.60. The maximum atomic E-state index is 12.5. The van der Waals surface area contributed by atoms with Gasteiger partial charge < -0.3 is 10.2 Å². The molecule has 0 radical (unpaired) electrons. The van der Waals surface area contributed by atoms with Gasteiger partial charge in [0.1, 0.15) is 11.6 Å². The van der Waals surface area contributed by atoms with Gasteiger partial charge >= 0.3 is 0 Å². The Morgan fingerprint density at radius 2 is 2.16 bits per heavy atom. The van der Waals surface area contributed by atoms with Gasteiger partial charge in [0.05, 0.1) is 10.3 Å². The summed E-state index contributed by atoms with van der Waals surface area (Å²) >= 11 is 5.00. The van der Waals surface area contributed by atoms with Crippen LogP contribution in [-0.4, -0.2) is 28.3 Å². The number of nitrogens with zero attached hydrogens (tertiary/aromatic N) is 1. The minimum Gasteiger partial charge on any atom is -0.340 e. The summed E-state index contributed by atoms with van der Waals surface area (Å²) in [6.45, 7) is 5.95. The molecular formula is C13H17BrN2O2S. The van der Waals surface area contributed by atoms with E-state index >= 15 is 0 Å². The lowest BCUT2D eigenvalue weighted by molar-refractivity contribution is -0.154. The highest BCUT2D eigenvalue weighted by atomic mass is 79.9. The Morgan fingerprint density at radius 1 is 1.47 bits per heavy atom. The van der Waals surface area contributed by atoms with Crippen LogP contribution in [0.3, 0.4) is 0 Å². The topological polar surface area (TPSA) is 49.4 Å². The predicted octanol–water partition coefficient (Wildman–Crippen LogP) is 2.53. The molecular weight excluding hydrogens is 328 g/mol. The summed E-state index contributed by atoms with van der Waals surface area (Å²) in [4.78, 5) is 27.3. The summed E-state index contributed by atoms with van der Waals surface area (Å²) in [5.74, 6) is -0.0915. The van der Waals surface area contributed by atoms with Crippen molar-refractivity contribution in [2.45, 2.75) is 45.3 Å². The van der Waals surface area contributed by atoms with E-state index in [4.69, 9.17) is 0 Å².